The van der Waals surface area contributed by atoms with Crippen molar-refractivity contribution in [1.82, 2.24) is 4.98 Å². The zero-order chi connectivity index (χ0) is 13.1. The number of nitrogens with zero attached hydrogens (tertiary/aromatic N) is 3. The molecule has 0 unspecified atom stereocenters. The fourth-order valence-corrected chi connectivity index (χ4v) is 1.83. The van der Waals surface area contributed by atoms with Crippen LogP contribution in [0.25, 0.3) is 0 Å². The molecule has 1 aromatic rings. The van der Waals surface area contributed by atoms with Crippen molar-refractivity contribution in [3.63, 3.8) is 0 Å². The molecule has 0 saturated carbocycles. The van der Waals surface area contributed by atoms with E-state index in [1.807, 2.05) is 4.90 Å². The fourth-order valence-electron chi connectivity index (χ4n) is 1.83. The zero-order valence-electron chi connectivity index (χ0n) is 9.96. The highest BCUT2D eigenvalue weighted by Gasteiger charge is 2.21. The Morgan fingerprint density at radius 1 is 1.50 bits per heavy atom. The lowest BCUT2D eigenvalue weighted by atomic mass is 10.1. The summed E-state index contributed by atoms with van der Waals surface area (Å²) in [7, 11) is 0. The van der Waals surface area contributed by atoms with Crippen molar-refractivity contribution in [2.24, 2.45) is 0 Å². The number of hydrogen-bond acceptors (Lipinski definition) is 6. The summed E-state index contributed by atoms with van der Waals surface area (Å²) in [6.07, 6.45) is 1.18. The summed E-state index contributed by atoms with van der Waals surface area (Å²) in [6.45, 7) is 3.77. The molecule has 18 heavy (non-hydrogen) atoms. The number of morpholine rings is 1. The van der Waals surface area contributed by atoms with E-state index in [0.29, 0.717) is 32.1 Å². The molecule has 2 heterocycles. The molecule has 96 valence electrons. The van der Waals surface area contributed by atoms with E-state index in [1.165, 1.54) is 19.2 Å². The molecule has 7 heteroatoms. The zero-order valence-corrected chi connectivity index (χ0v) is 9.96. The Balaban J connectivity index is 2.39. The van der Waals surface area contributed by atoms with Crippen LogP contribution in [0.4, 0.5) is 11.5 Å². The van der Waals surface area contributed by atoms with Gasteiger partial charge in [0.1, 0.15) is 12.0 Å². The molecule has 1 fully saturated rings. The van der Waals surface area contributed by atoms with Crippen molar-refractivity contribution < 1.29 is 14.5 Å². The van der Waals surface area contributed by atoms with Crippen LogP contribution in [-0.2, 0) is 4.74 Å². The third-order valence-corrected chi connectivity index (χ3v) is 2.75. The average molecular weight is 251 g/mol. The first-order valence-electron chi connectivity index (χ1n) is 5.57. The van der Waals surface area contributed by atoms with Gasteiger partial charge in [0.2, 0.25) is 0 Å². The molecular formula is C11H13N3O4. The van der Waals surface area contributed by atoms with Gasteiger partial charge in [-0.3, -0.25) is 14.9 Å². The van der Waals surface area contributed by atoms with Gasteiger partial charge in [-0.25, -0.2) is 4.98 Å². The molecule has 0 atom stereocenters. The lowest BCUT2D eigenvalue weighted by Gasteiger charge is -2.28. The van der Waals surface area contributed by atoms with Crippen LogP contribution in [0.5, 0.6) is 0 Å². The number of rotatable bonds is 3. The third-order valence-electron chi connectivity index (χ3n) is 2.75. The third kappa shape index (κ3) is 2.45. The summed E-state index contributed by atoms with van der Waals surface area (Å²) >= 11 is 0. The molecule has 0 aromatic carbocycles. The maximum atomic E-state index is 11.6. The second kappa shape index (κ2) is 5.09. The lowest BCUT2D eigenvalue weighted by Crippen LogP contribution is -2.37. The Morgan fingerprint density at radius 3 is 2.72 bits per heavy atom. The fraction of sp³-hybridized carbons (Fsp3) is 0.455. The number of Topliss-reactive ketones (excluding diaryl/α,β-unsaturated/α-hetero) is 1. The van der Waals surface area contributed by atoms with Gasteiger partial charge >= 0.3 is 0 Å². The van der Waals surface area contributed by atoms with Crippen molar-refractivity contribution >= 4 is 17.3 Å². The molecular weight excluding hydrogens is 238 g/mol. The summed E-state index contributed by atoms with van der Waals surface area (Å²) in [5.41, 5.74) is 0.114. The van der Waals surface area contributed by atoms with E-state index >= 15 is 0 Å². The Bertz CT molecular complexity index is 483. The highest BCUT2D eigenvalue weighted by atomic mass is 16.6. The predicted octanol–water partition coefficient (Wildman–Crippen LogP) is 1.03. The van der Waals surface area contributed by atoms with Crippen LogP contribution >= 0.6 is 0 Å². The predicted molar refractivity (Wildman–Crippen MR) is 63.9 cm³/mol. The summed E-state index contributed by atoms with van der Waals surface area (Å²) < 4.78 is 5.22. The van der Waals surface area contributed by atoms with Crippen LogP contribution in [0, 0.1) is 10.1 Å². The second-order valence-electron chi connectivity index (χ2n) is 3.98. The first-order valence-corrected chi connectivity index (χ1v) is 5.57. The van der Waals surface area contributed by atoms with Gasteiger partial charge in [-0.15, -0.1) is 0 Å². The van der Waals surface area contributed by atoms with Crippen molar-refractivity contribution in [1.29, 1.82) is 0 Å². The maximum absolute atomic E-state index is 11.6. The number of ketones is 1. The first kappa shape index (κ1) is 12.4. The number of carbonyl (C=O) groups excluding carboxylic acids is 1. The molecule has 1 saturated heterocycles. The average Bonchev–Trinajstić information content (AvgIpc) is 2.39. The molecule has 0 amide bonds. The lowest BCUT2D eigenvalue weighted by molar-refractivity contribution is -0.385. The monoisotopic (exact) mass is 251 g/mol. The molecule has 0 N–H and O–H groups in total. The number of anilines is 1. The Labute approximate surface area is 104 Å². The number of hydrogen-bond donors (Lipinski definition) is 0. The van der Waals surface area contributed by atoms with E-state index in [1.54, 1.807) is 0 Å². The van der Waals surface area contributed by atoms with Crippen molar-refractivity contribution in [3.05, 3.63) is 27.9 Å². The SMILES string of the molecule is CC(=O)c1cc([N+](=O)[O-])cnc1N1CCOCC1. The minimum absolute atomic E-state index is 0.169. The van der Waals surface area contributed by atoms with Crippen LogP contribution in [0.1, 0.15) is 17.3 Å². The van der Waals surface area contributed by atoms with Gasteiger partial charge in [-0.1, -0.05) is 0 Å². The number of carbonyl (C=O) groups is 1. The summed E-state index contributed by atoms with van der Waals surface area (Å²) in [5.74, 6) is 0.268. The molecule has 0 radical (unpaired) electrons. The van der Waals surface area contributed by atoms with Crippen LogP contribution in [0.3, 0.4) is 0 Å². The van der Waals surface area contributed by atoms with Gasteiger partial charge in [0.15, 0.2) is 5.78 Å². The highest BCUT2D eigenvalue weighted by molar-refractivity contribution is 5.99. The van der Waals surface area contributed by atoms with Crippen molar-refractivity contribution in [3.8, 4) is 0 Å². The van der Waals surface area contributed by atoms with Crippen LogP contribution in [0.15, 0.2) is 12.3 Å². The van der Waals surface area contributed by atoms with E-state index in [2.05, 4.69) is 4.98 Å². The molecule has 7 nitrogen and oxygen atoms in total. The van der Waals surface area contributed by atoms with Gasteiger partial charge < -0.3 is 9.64 Å². The molecule has 2 rings (SSSR count). The summed E-state index contributed by atoms with van der Waals surface area (Å²) in [4.78, 5) is 27.7. The van der Waals surface area contributed by atoms with Crippen LogP contribution in [0.2, 0.25) is 0 Å². The molecule has 1 aromatic heterocycles. The number of ether oxygens (including phenoxy) is 1. The normalized spacial score (nSPS) is 15.5. The van der Waals surface area contributed by atoms with E-state index < -0.39 is 4.92 Å². The Kier molecular flexibility index (Phi) is 3.52. The number of pyridine rings is 1. The molecule has 0 aliphatic carbocycles. The van der Waals surface area contributed by atoms with Crippen molar-refractivity contribution in [2.45, 2.75) is 6.92 Å². The molecule has 1 aliphatic heterocycles. The molecule has 0 spiro atoms. The maximum Gasteiger partial charge on any atom is 0.288 e. The Morgan fingerprint density at radius 2 is 2.17 bits per heavy atom. The van der Waals surface area contributed by atoms with E-state index in [4.69, 9.17) is 4.74 Å². The summed E-state index contributed by atoms with van der Waals surface area (Å²) in [6, 6.07) is 1.28. The van der Waals surface area contributed by atoms with E-state index in [9.17, 15) is 14.9 Å². The van der Waals surface area contributed by atoms with Gasteiger partial charge in [-0.05, 0) is 6.92 Å². The van der Waals surface area contributed by atoms with Gasteiger partial charge in [-0.2, -0.15) is 0 Å². The highest BCUT2D eigenvalue weighted by Crippen LogP contribution is 2.23. The van der Waals surface area contributed by atoms with Crippen molar-refractivity contribution in [2.75, 3.05) is 31.2 Å². The van der Waals surface area contributed by atoms with E-state index in [-0.39, 0.29) is 17.0 Å². The first-order chi connectivity index (χ1) is 8.59. The second-order valence-corrected chi connectivity index (χ2v) is 3.98. The van der Waals surface area contributed by atoms with Crippen LogP contribution < -0.4 is 4.90 Å². The van der Waals surface area contributed by atoms with Gasteiger partial charge in [0.25, 0.3) is 5.69 Å². The number of nitro groups is 1. The molecule has 1 aliphatic rings. The minimum atomic E-state index is -0.553. The smallest absolute Gasteiger partial charge is 0.288 e. The van der Waals surface area contributed by atoms with Crippen LogP contribution in [-0.4, -0.2) is 42.0 Å². The quantitative estimate of drug-likeness (QED) is 0.453. The Hall–Kier alpha value is -2.02. The largest absolute Gasteiger partial charge is 0.378 e. The summed E-state index contributed by atoms with van der Waals surface area (Å²) in [5, 5.41) is 10.7. The standard InChI is InChI=1S/C11H13N3O4/c1-8(15)10-6-9(14(16)17)7-12-11(10)13-2-4-18-5-3-13/h6-7H,2-5H2,1H3. The minimum Gasteiger partial charge on any atom is -0.378 e. The number of aromatic nitrogens is 1. The van der Waals surface area contributed by atoms with Gasteiger partial charge in [0.05, 0.1) is 23.7 Å². The topological polar surface area (TPSA) is 85.6 Å². The molecule has 0 bridgehead atoms. The van der Waals surface area contributed by atoms with E-state index in [0.717, 1.165) is 0 Å². The van der Waals surface area contributed by atoms with Gasteiger partial charge in [0, 0.05) is 19.2 Å².